The van der Waals surface area contributed by atoms with Crippen LogP contribution < -0.4 is 4.74 Å². The van der Waals surface area contributed by atoms with Crippen molar-refractivity contribution in [2.75, 3.05) is 0 Å². The minimum atomic E-state index is 0.0137. The Morgan fingerprint density at radius 1 is 1.13 bits per heavy atom. The molecular weight excluding hydrogens is 306 g/mol. The number of benzene rings is 2. The molecule has 0 aliphatic heterocycles. The van der Waals surface area contributed by atoms with Crippen LogP contribution in [0.1, 0.15) is 31.9 Å². The molecule has 0 aliphatic carbocycles. The minimum absolute atomic E-state index is 0.0137. The highest BCUT2D eigenvalue weighted by Crippen LogP contribution is 2.28. The van der Waals surface area contributed by atoms with Crippen LogP contribution >= 0.6 is 11.6 Å². The Kier molecular flexibility index (Phi) is 6.42. The maximum Gasteiger partial charge on any atom is 0.129 e. The summed E-state index contributed by atoms with van der Waals surface area (Å²) in [5.74, 6) is 0.839. The Balaban J connectivity index is 2.18. The van der Waals surface area contributed by atoms with E-state index in [1.807, 2.05) is 68.5 Å². The fourth-order valence-corrected chi connectivity index (χ4v) is 2.66. The van der Waals surface area contributed by atoms with Gasteiger partial charge >= 0.3 is 0 Å². The summed E-state index contributed by atoms with van der Waals surface area (Å²) < 4.78 is 6.16. The predicted molar refractivity (Wildman–Crippen MR) is 99.5 cm³/mol. The molecule has 0 saturated carbocycles. The van der Waals surface area contributed by atoms with Crippen LogP contribution in [0.25, 0.3) is 5.70 Å². The highest BCUT2D eigenvalue weighted by Gasteiger charge is 2.12. The van der Waals surface area contributed by atoms with Gasteiger partial charge in [-0.2, -0.15) is 0 Å². The molecule has 0 radical (unpaired) electrons. The summed E-state index contributed by atoms with van der Waals surface area (Å²) in [6.07, 6.45) is 4.55. The maximum absolute atomic E-state index is 6.23. The molecule has 0 N–H and O–H groups in total. The van der Waals surface area contributed by atoms with E-state index in [0.717, 1.165) is 34.0 Å². The molecule has 2 nitrogen and oxygen atoms in total. The zero-order valence-corrected chi connectivity index (χ0v) is 14.5. The van der Waals surface area contributed by atoms with Gasteiger partial charge in [-0.05, 0) is 44.5 Å². The number of aliphatic imine (C=N–C) groups is 1. The van der Waals surface area contributed by atoms with Crippen LogP contribution in [-0.4, -0.2) is 12.3 Å². The molecule has 0 spiro atoms. The van der Waals surface area contributed by atoms with E-state index in [1.54, 1.807) is 6.21 Å². The Morgan fingerprint density at radius 3 is 2.52 bits per heavy atom. The molecule has 0 heterocycles. The first-order valence-electron chi connectivity index (χ1n) is 7.80. The molecule has 0 bridgehead atoms. The summed E-state index contributed by atoms with van der Waals surface area (Å²) in [4.78, 5) is 4.41. The molecule has 2 aromatic carbocycles. The minimum Gasteiger partial charge on any atom is -0.490 e. The fraction of sp³-hybridized carbons (Fsp3) is 0.250. The van der Waals surface area contributed by atoms with Crippen LogP contribution in [0.5, 0.6) is 5.75 Å². The number of ether oxygens (including phenoxy) is 1. The largest absolute Gasteiger partial charge is 0.490 e. The lowest BCUT2D eigenvalue weighted by Crippen LogP contribution is -2.16. The van der Waals surface area contributed by atoms with Crippen molar-refractivity contribution < 1.29 is 4.74 Å². The van der Waals surface area contributed by atoms with Gasteiger partial charge in [0.2, 0.25) is 0 Å². The fourth-order valence-electron chi connectivity index (χ4n) is 2.45. The molecular formula is C20H22ClNO. The molecule has 23 heavy (non-hydrogen) atoms. The van der Waals surface area contributed by atoms with Gasteiger partial charge in [-0.3, -0.25) is 4.99 Å². The topological polar surface area (TPSA) is 21.6 Å². The molecule has 120 valence electrons. The second-order valence-electron chi connectivity index (χ2n) is 5.28. The van der Waals surface area contributed by atoms with Gasteiger partial charge in [0.15, 0.2) is 0 Å². The van der Waals surface area contributed by atoms with E-state index in [-0.39, 0.29) is 6.10 Å². The van der Waals surface area contributed by atoms with E-state index < -0.39 is 0 Å². The molecule has 0 saturated heterocycles. The van der Waals surface area contributed by atoms with Crippen LogP contribution in [0.4, 0.5) is 0 Å². The average molecular weight is 328 g/mol. The van der Waals surface area contributed by atoms with Gasteiger partial charge in [0.25, 0.3) is 0 Å². The van der Waals surface area contributed by atoms with Crippen molar-refractivity contribution in [1.82, 2.24) is 0 Å². The third kappa shape index (κ3) is 4.70. The summed E-state index contributed by atoms with van der Waals surface area (Å²) in [5, 5.41) is 0.779. The van der Waals surface area contributed by atoms with Gasteiger partial charge in [-0.1, -0.05) is 48.0 Å². The molecule has 1 atom stereocenters. The van der Waals surface area contributed by atoms with Gasteiger partial charge in [-0.25, -0.2) is 0 Å². The van der Waals surface area contributed by atoms with Crippen molar-refractivity contribution in [3.8, 4) is 5.75 Å². The number of para-hydroxylation sites is 1. The van der Waals surface area contributed by atoms with E-state index in [4.69, 9.17) is 16.3 Å². The Labute approximate surface area is 143 Å². The SMILES string of the molecule is C/C=N\C(=C/C)c1ccccc1OC(C)Cc1ccccc1Cl. The van der Waals surface area contributed by atoms with Crippen molar-refractivity contribution in [3.63, 3.8) is 0 Å². The van der Waals surface area contributed by atoms with Gasteiger partial charge in [0, 0.05) is 23.2 Å². The number of hydrogen-bond donors (Lipinski definition) is 0. The number of halogens is 1. The molecule has 0 fully saturated rings. The molecule has 0 aromatic heterocycles. The van der Waals surface area contributed by atoms with Crippen molar-refractivity contribution >= 4 is 23.5 Å². The highest BCUT2D eigenvalue weighted by atomic mass is 35.5. The first-order valence-corrected chi connectivity index (χ1v) is 8.18. The van der Waals surface area contributed by atoms with Gasteiger partial charge in [0.05, 0.1) is 5.70 Å². The van der Waals surface area contributed by atoms with E-state index in [2.05, 4.69) is 11.9 Å². The monoisotopic (exact) mass is 327 g/mol. The lowest BCUT2D eigenvalue weighted by molar-refractivity contribution is 0.221. The molecule has 3 heteroatoms. The third-order valence-electron chi connectivity index (χ3n) is 3.50. The zero-order valence-electron chi connectivity index (χ0n) is 13.8. The van der Waals surface area contributed by atoms with E-state index in [9.17, 15) is 0 Å². The van der Waals surface area contributed by atoms with E-state index in [0.29, 0.717) is 0 Å². The van der Waals surface area contributed by atoms with Crippen LogP contribution in [0.2, 0.25) is 5.02 Å². The molecule has 1 unspecified atom stereocenters. The summed E-state index contributed by atoms with van der Waals surface area (Å²) in [5.41, 5.74) is 3.00. The van der Waals surface area contributed by atoms with Crippen LogP contribution in [-0.2, 0) is 6.42 Å². The van der Waals surface area contributed by atoms with Crippen LogP contribution in [0.3, 0.4) is 0 Å². The third-order valence-corrected chi connectivity index (χ3v) is 3.87. The van der Waals surface area contributed by atoms with Crippen molar-refractivity contribution in [2.45, 2.75) is 33.3 Å². The number of hydrogen-bond acceptors (Lipinski definition) is 2. The Hall–Kier alpha value is -2.06. The summed E-state index contributed by atoms with van der Waals surface area (Å²) in [6, 6.07) is 15.9. The summed E-state index contributed by atoms with van der Waals surface area (Å²) in [6.45, 7) is 5.94. The first kappa shape index (κ1) is 17.3. The van der Waals surface area contributed by atoms with Gasteiger partial charge < -0.3 is 4.74 Å². The van der Waals surface area contributed by atoms with E-state index >= 15 is 0 Å². The highest BCUT2D eigenvalue weighted by molar-refractivity contribution is 6.31. The molecule has 2 aromatic rings. The van der Waals surface area contributed by atoms with Crippen molar-refractivity contribution in [3.05, 3.63) is 70.8 Å². The zero-order chi connectivity index (χ0) is 16.7. The Morgan fingerprint density at radius 2 is 1.83 bits per heavy atom. The quantitative estimate of drug-likeness (QED) is 0.614. The number of nitrogens with zero attached hydrogens (tertiary/aromatic N) is 1. The normalized spacial score (nSPS) is 13.3. The second-order valence-corrected chi connectivity index (χ2v) is 5.69. The smallest absolute Gasteiger partial charge is 0.129 e. The maximum atomic E-state index is 6.23. The van der Waals surface area contributed by atoms with Crippen LogP contribution in [0, 0.1) is 0 Å². The standard InChI is InChI=1S/C20H22ClNO/c1-4-19(22-5-2)17-11-7-9-13-20(17)23-15(3)14-16-10-6-8-12-18(16)21/h4-13,15H,14H2,1-3H3/b19-4-,22-5-. The molecule has 0 aliphatic rings. The molecule has 2 rings (SSSR count). The number of allylic oxidation sites excluding steroid dienone is 1. The summed E-state index contributed by atoms with van der Waals surface area (Å²) in [7, 11) is 0. The predicted octanol–water partition coefficient (Wildman–Crippen LogP) is 5.80. The number of rotatable bonds is 6. The lowest BCUT2D eigenvalue weighted by atomic mass is 10.1. The Bertz CT molecular complexity index is 706. The molecule has 0 amide bonds. The van der Waals surface area contributed by atoms with Gasteiger partial charge in [0.1, 0.15) is 11.9 Å². The average Bonchev–Trinajstić information content (AvgIpc) is 2.55. The van der Waals surface area contributed by atoms with Gasteiger partial charge in [-0.15, -0.1) is 0 Å². The van der Waals surface area contributed by atoms with Crippen molar-refractivity contribution in [2.24, 2.45) is 4.99 Å². The first-order chi connectivity index (χ1) is 11.2. The van der Waals surface area contributed by atoms with E-state index in [1.165, 1.54) is 0 Å². The van der Waals surface area contributed by atoms with Crippen LogP contribution in [0.15, 0.2) is 59.6 Å². The second kappa shape index (κ2) is 8.54. The van der Waals surface area contributed by atoms with Crippen molar-refractivity contribution in [1.29, 1.82) is 0 Å². The lowest BCUT2D eigenvalue weighted by Gasteiger charge is -2.18. The summed E-state index contributed by atoms with van der Waals surface area (Å²) >= 11 is 6.23.